The van der Waals surface area contributed by atoms with Gasteiger partial charge >= 0.3 is 0 Å². The first-order chi connectivity index (χ1) is 23.3. The average Bonchev–Trinajstić information content (AvgIpc) is 3.65. The van der Waals surface area contributed by atoms with Gasteiger partial charge in [0.25, 0.3) is 0 Å². The van der Waals surface area contributed by atoms with Gasteiger partial charge in [0, 0.05) is 26.9 Å². The molecule has 0 fully saturated rings. The van der Waals surface area contributed by atoms with E-state index in [1.54, 1.807) is 0 Å². The highest BCUT2D eigenvalue weighted by molar-refractivity contribution is 6.24. The van der Waals surface area contributed by atoms with E-state index in [0.29, 0.717) is 0 Å². The van der Waals surface area contributed by atoms with Crippen LogP contribution >= 0.6 is 0 Å². The number of nitrogens with zero attached hydrogens (tertiary/aromatic N) is 3. The fraction of sp³-hybridized carbons (Fsp3) is 0.0227. The van der Waals surface area contributed by atoms with Crippen LogP contribution in [0.25, 0.3) is 76.8 Å². The molecule has 0 spiro atoms. The van der Waals surface area contributed by atoms with E-state index < -0.39 is 0 Å². The summed E-state index contributed by atoms with van der Waals surface area (Å²) >= 11 is 0. The third kappa shape index (κ3) is 3.90. The zero-order chi connectivity index (χ0) is 30.9. The summed E-state index contributed by atoms with van der Waals surface area (Å²) in [5, 5.41) is 10.0. The van der Waals surface area contributed by atoms with Crippen molar-refractivity contribution in [1.82, 2.24) is 14.1 Å². The molecule has 0 aliphatic carbocycles. The summed E-state index contributed by atoms with van der Waals surface area (Å²) < 4.78 is 4.70. The highest BCUT2D eigenvalue weighted by Crippen LogP contribution is 2.41. The standard InChI is InChI=1S/C44H29N3/c1-2-13-29(14-3-1)27-31-28-30-15-4-5-16-32(30)36-25-26-37-35-19-8-11-22-40(35)47(44(37)43(31)36)42-24-12-23-41(45-42)46-38-20-9-6-17-33(38)34-18-7-10-21-39(34)46/h1-26,28H,27H2. The molecule has 10 rings (SSSR count). The van der Waals surface area contributed by atoms with Gasteiger partial charge in [0.1, 0.15) is 11.6 Å². The molecule has 0 atom stereocenters. The minimum absolute atomic E-state index is 0.845. The fourth-order valence-electron chi connectivity index (χ4n) is 7.76. The zero-order valence-electron chi connectivity index (χ0n) is 25.6. The highest BCUT2D eigenvalue weighted by atomic mass is 15.1. The molecular formula is C44H29N3. The zero-order valence-corrected chi connectivity index (χ0v) is 25.6. The van der Waals surface area contributed by atoms with Crippen LogP contribution in [0.2, 0.25) is 0 Å². The molecule has 0 bridgehead atoms. The molecule has 10 aromatic rings. The number of para-hydroxylation sites is 3. The van der Waals surface area contributed by atoms with Crippen molar-refractivity contribution in [3.05, 3.63) is 175 Å². The maximum absolute atomic E-state index is 5.47. The number of fused-ring (bicyclic) bond motifs is 10. The van der Waals surface area contributed by atoms with E-state index in [1.165, 1.54) is 59.7 Å². The van der Waals surface area contributed by atoms with E-state index in [1.807, 2.05) is 0 Å². The summed E-state index contributed by atoms with van der Waals surface area (Å²) in [5.74, 6) is 1.81. The molecule has 0 N–H and O–H groups in total. The van der Waals surface area contributed by atoms with Crippen molar-refractivity contribution in [2.75, 3.05) is 0 Å². The molecule has 220 valence electrons. The van der Waals surface area contributed by atoms with Gasteiger partial charge in [-0.25, -0.2) is 4.98 Å². The van der Waals surface area contributed by atoms with E-state index in [-0.39, 0.29) is 0 Å². The molecule has 0 unspecified atom stereocenters. The Kier molecular flexibility index (Phi) is 5.64. The van der Waals surface area contributed by atoms with Gasteiger partial charge in [-0.05, 0) is 64.0 Å². The van der Waals surface area contributed by atoms with Crippen molar-refractivity contribution >= 4 is 65.2 Å². The SMILES string of the molecule is c1ccc(Cc2cc3ccccc3c3ccc4c5ccccc5n(-c5cccc(-n6c7ccccc7c7ccccc76)n5)c4c23)cc1. The Labute approximate surface area is 271 Å². The predicted molar refractivity (Wildman–Crippen MR) is 197 cm³/mol. The van der Waals surface area contributed by atoms with Crippen molar-refractivity contribution in [2.45, 2.75) is 6.42 Å². The molecule has 3 heterocycles. The number of benzene rings is 7. The molecule has 3 heteroatoms. The Hall–Kier alpha value is -6.19. The van der Waals surface area contributed by atoms with E-state index in [4.69, 9.17) is 4.98 Å². The van der Waals surface area contributed by atoms with Crippen LogP contribution in [-0.4, -0.2) is 14.1 Å². The van der Waals surface area contributed by atoms with Gasteiger partial charge < -0.3 is 0 Å². The number of hydrogen-bond donors (Lipinski definition) is 0. The third-order valence-corrected chi connectivity index (χ3v) is 9.73. The molecule has 7 aromatic carbocycles. The maximum atomic E-state index is 5.47. The Morgan fingerprint density at radius 2 is 0.936 bits per heavy atom. The van der Waals surface area contributed by atoms with Gasteiger partial charge in [0.05, 0.1) is 22.1 Å². The summed E-state index contributed by atoms with van der Waals surface area (Å²) in [6, 6.07) is 59.1. The summed E-state index contributed by atoms with van der Waals surface area (Å²) in [7, 11) is 0. The number of rotatable bonds is 4. The summed E-state index contributed by atoms with van der Waals surface area (Å²) in [4.78, 5) is 5.47. The van der Waals surface area contributed by atoms with Gasteiger partial charge in [-0.2, -0.15) is 0 Å². The quantitative estimate of drug-likeness (QED) is 0.185. The summed E-state index contributed by atoms with van der Waals surface area (Å²) in [6.45, 7) is 0. The highest BCUT2D eigenvalue weighted by Gasteiger charge is 2.20. The molecule has 3 nitrogen and oxygen atoms in total. The Bertz CT molecular complexity index is 2770. The Morgan fingerprint density at radius 3 is 1.64 bits per heavy atom. The second-order valence-electron chi connectivity index (χ2n) is 12.4. The van der Waals surface area contributed by atoms with E-state index >= 15 is 0 Å². The lowest BCUT2D eigenvalue weighted by molar-refractivity contribution is 1.01. The van der Waals surface area contributed by atoms with Crippen LogP contribution in [0.4, 0.5) is 0 Å². The van der Waals surface area contributed by atoms with E-state index in [2.05, 4.69) is 173 Å². The minimum Gasteiger partial charge on any atom is -0.294 e. The Morgan fingerprint density at radius 1 is 0.404 bits per heavy atom. The minimum atomic E-state index is 0.845. The molecule has 0 aliphatic rings. The monoisotopic (exact) mass is 599 g/mol. The van der Waals surface area contributed by atoms with Crippen LogP contribution in [0.5, 0.6) is 0 Å². The van der Waals surface area contributed by atoms with E-state index in [0.717, 1.165) is 34.6 Å². The Balaban J connectivity index is 1.32. The normalized spacial score (nSPS) is 11.9. The largest absolute Gasteiger partial charge is 0.294 e. The second kappa shape index (κ2) is 10.2. The molecule has 0 saturated carbocycles. The molecular weight excluding hydrogens is 571 g/mol. The van der Waals surface area contributed by atoms with Gasteiger partial charge in [-0.1, -0.05) is 133 Å². The van der Waals surface area contributed by atoms with Crippen molar-refractivity contribution in [2.24, 2.45) is 0 Å². The van der Waals surface area contributed by atoms with E-state index in [9.17, 15) is 0 Å². The second-order valence-corrected chi connectivity index (χ2v) is 12.4. The van der Waals surface area contributed by atoms with Crippen molar-refractivity contribution in [3.8, 4) is 11.6 Å². The van der Waals surface area contributed by atoms with Crippen LogP contribution in [0.15, 0.2) is 164 Å². The molecule has 47 heavy (non-hydrogen) atoms. The van der Waals surface area contributed by atoms with Gasteiger partial charge in [-0.15, -0.1) is 0 Å². The molecule has 0 saturated heterocycles. The lowest BCUT2D eigenvalue weighted by Crippen LogP contribution is -2.03. The van der Waals surface area contributed by atoms with Crippen molar-refractivity contribution in [3.63, 3.8) is 0 Å². The lowest BCUT2D eigenvalue weighted by atomic mass is 9.92. The van der Waals surface area contributed by atoms with Gasteiger partial charge in [0.2, 0.25) is 0 Å². The van der Waals surface area contributed by atoms with Crippen LogP contribution < -0.4 is 0 Å². The first kappa shape index (κ1) is 26.1. The smallest absolute Gasteiger partial charge is 0.140 e. The molecule has 0 amide bonds. The first-order valence-corrected chi connectivity index (χ1v) is 16.2. The summed E-state index contributed by atoms with van der Waals surface area (Å²) in [5.41, 5.74) is 7.28. The summed E-state index contributed by atoms with van der Waals surface area (Å²) in [6.07, 6.45) is 0.845. The van der Waals surface area contributed by atoms with Crippen LogP contribution in [-0.2, 0) is 6.42 Å². The van der Waals surface area contributed by atoms with Crippen molar-refractivity contribution in [1.29, 1.82) is 0 Å². The lowest BCUT2D eigenvalue weighted by Gasteiger charge is -2.16. The third-order valence-electron chi connectivity index (χ3n) is 9.73. The average molecular weight is 600 g/mol. The van der Waals surface area contributed by atoms with Crippen LogP contribution in [0, 0.1) is 0 Å². The fourth-order valence-corrected chi connectivity index (χ4v) is 7.76. The molecule has 0 radical (unpaired) electrons. The number of aromatic nitrogens is 3. The van der Waals surface area contributed by atoms with Crippen LogP contribution in [0.1, 0.15) is 11.1 Å². The van der Waals surface area contributed by atoms with Crippen molar-refractivity contribution < 1.29 is 0 Å². The maximum Gasteiger partial charge on any atom is 0.140 e. The van der Waals surface area contributed by atoms with Gasteiger partial charge in [0.15, 0.2) is 0 Å². The predicted octanol–water partition coefficient (Wildman–Crippen LogP) is 11.2. The number of hydrogen-bond acceptors (Lipinski definition) is 1. The first-order valence-electron chi connectivity index (χ1n) is 16.2. The topological polar surface area (TPSA) is 22.8 Å². The van der Waals surface area contributed by atoms with Crippen LogP contribution in [0.3, 0.4) is 0 Å². The number of pyridine rings is 1. The molecule has 3 aromatic heterocycles. The van der Waals surface area contributed by atoms with Gasteiger partial charge in [-0.3, -0.25) is 9.13 Å². The molecule has 0 aliphatic heterocycles.